The molecule has 0 aliphatic heterocycles. The summed E-state index contributed by atoms with van der Waals surface area (Å²) in [6.45, 7) is 0. The van der Waals surface area contributed by atoms with E-state index >= 15 is 0 Å². The van der Waals surface area contributed by atoms with Crippen LogP contribution in [-0.4, -0.2) is 26.4 Å². The number of pyridine rings is 3. The fraction of sp³-hybridized carbons (Fsp3) is 0. The van der Waals surface area contributed by atoms with Crippen LogP contribution in [0, 0.1) is 16.1 Å². The molecule has 0 atom stereocenters. The van der Waals surface area contributed by atoms with Gasteiger partial charge in [0.2, 0.25) is 0 Å². The molecule has 10 nitrogen and oxygen atoms in total. The van der Waals surface area contributed by atoms with Crippen molar-refractivity contribution in [2.24, 2.45) is 0 Å². The Morgan fingerprint density at radius 3 is 1.43 bits per heavy atom. The van der Waals surface area contributed by atoms with Gasteiger partial charge in [0.1, 0.15) is 5.82 Å². The second-order valence-electron chi connectivity index (χ2n) is 6.01. The molecule has 4 rings (SSSR count). The molecule has 3 heterocycles. The normalized spacial score (nSPS) is 9.63. The number of nitrogens with zero attached hydrogens (tertiary/aromatic N) is 3. The molecule has 0 fully saturated rings. The summed E-state index contributed by atoms with van der Waals surface area (Å²) >= 11 is 0. The molecule has 187 valence electrons. The monoisotopic (exact) mass is 552 g/mol. The third-order valence-electron chi connectivity index (χ3n) is 3.68. The molecule has 0 saturated carbocycles. The van der Waals surface area contributed by atoms with E-state index in [0.717, 1.165) is 47.0 Å². The van der Waals surface area contributed by atoms with Gasteiger partial charge in [0.15, 0.2) is 0 Å². The summed E-state index contributed by atoms with van der Waals surface area (Å²) in [5, 5.41) is 10.1. The summed E-state index contributed by atoms with van der Waals surface area (Å²) in [6.07, 6.45) is 3.54. The molecule has 13 heteroatoms. The Morgan fingerprint density at radius 1 is 0.686 bits per heavy atom. The SMILES string of the molecule is O.O=C([O-])c1ccc(F)cc1.[Cu+2].[O-][Cl+3]([O-])([O-])[O-].c1ccc(-c2cccc(-c3ccccn3)n2)nc1. The summed E-state index contributed by atoms with van der Waals surface area (Å²) in [6, 6.07) is 21.9. The summed E-state index contributed by atoms with van der Waals surface area (Å²) in [5.41, 5.74) is 3.45. The number of aromatic nitrogens is 3. The van der Waals surface area contributed by atoms with Crippen molar-refractivity contribution in [3.8, 4) is 22.8 Å². The zero-order chi connectivity index (χ0) is 24.3. The molecule has 35 heavy (non-hydrogen) atoms. The van der Waals surface area contributed by atoms with Crippen molar-refractivity contribution >= 4 is 5.97 Å². The van der Waals surface area contributed by atoms with E-state index in [-0.39, 0.29) is 28.1 Å². The average molecular weight is 553 g/mol. The standard InChI is InChI=1S/C15H11N3.C7H5FO2.ClHO4.Cu.H2O/c1-3-10-16-12(6-1)14-8-5-9-15(18-14)13-7-2-4-11-17-13;8-6-3-1-5(2-4-6)7(9)10;2-1(3,4)5;;/h1-11H;1-4H,(H,9,10);(H,2,3,4,5);;1H2/q;;;+2;/p-2. The zero-order valence-electron chi connectivity index (χ0n) is 17.5. The van der Waals surface area contributed by atoms with Gasteiger partial charge in [0.05, 0.1) is 28.7 Å². The van der Waals surface area contributed by atoms with Crippen LogP contribution >= 0.6 is 0 Å². The van der Waals surface area contributed by atoms with Crippen LogP contribution in [-0.2, 0) is 17.1 Å². The van der Waals surface area contributed by atoms with Crippen LogP contribution in [0.4, 0.5) is 4.39 Å². The van der Waals surface area contributed by atoms with Crippen LogP contribution < -0.4 is 23.7 Å². The largest absolute Gasteiger partial charge is 2.00 e. The number of carbonyl (C=O) groups is 1. The summed E-state index contributed by atoms with van der Waals surface area (Å²) in [4.78, 5) is 23.3. The van der Waals surface area contributed by atoms with Gasteiger partial charge in [-0.1, -0.05) is 30.3 Å². The smallest absolute Gasteiger partial charge is 0.545 e. The van der Waals surface area contributed by atoms with E-state index in [1.54, 1.807) is 12.4 Å². The Kier molecular flexibility index (Phi) is 14.1. The number of hydrogen-bond donors (Lipinski definition) is 0. The van der Waals surface area contributed by atoms with Crippen molar-refractivity contribution in [3.63, 3.8) is 0 Å². The Bertz CT molecular complexity index is 1090. The molecule has 4 aromatic rings. The van der Waals surface area contributed by atoms with Crippen LogP contribution in [0.1, 0.15) is 10.4 Å². The summed E-state index contributed by atoms with van der Waals surface area (Å²) < 4.78 is 46.1. The molecule has 3 aromatic heterocycles. The van der Waals surface area contributed by atoms with Gasteiger partial charge in [0.25, 0.3) is 0 Å². The van der Waals surface area contributed by atoms with Crippen molar-refractivity contribution < 1.29 is 65.7 Å². The van der Waals surface area contributed by atoms with Gasteiger partial charge in [0, 0.05) is 12.4 Å². The summed E-state index contributed by atoms with van der Waals surface area (Å²) in [7, 11) is -4.94. The molecule has 1 radical (unpaired) electrons. The van der Waals surface area contributed by atoms with Gasteiger partial charge in [-0.25, -0.2) is 28.0 Å². The first-order valence-corrected chi connectivity index (χ1v) is 10.3. The number of rotatable bonds is 3. The van der Waals surface area contributed by atoms with E-state index in [4.69, 9.17) is 18.6 Å². The Labute approximate surface area is 211 Å². The molecule has 0 aliphatic rings. The first-order chi connectivity index (χ1) is 15.6. The minimum atomic E-state index is -4.94. The van der Waals surface area contributed by atoms with Crippen LogP contribution in [0.2, 0.25) is 0 Å². The third-order valence-corrected chi connectivity index (χ3v) is 3.68. The van der Waals surface area contributed by atoms with Crippen molar-refractivity contribution in [2.45, 2.75) is 0 Å². The van der Waals surface area contributed by atoms with Crippen LogP contribution in [0.5, 0.6) is 0 Å². The number of benzene rings is 1. The van der Waals surface area contributed by atoms with Gasteiger partial charge < -0.3 is 15.4 Å². The zero-order valence-corrected chi connectivity index (χ0v) is 19.2. The van der Waals surface area contributed by atoms with E-state index < -0.39 is 22.0 Å². The van der Waals surface area contributed by atoms with Crippen molar-refractivity contribution in [3.05, 3.63) is 103 Å². The van der Waals surface area contributed by atoms with E-state index in [2.05, 4.69) is 15.0 Å². The number of carbonyl (C=O) groups excluding carboxylic acids is 1. The van der Waals surface area contributed by atoms with Crippen LogP contribution in [0.15, 0.2) is 91.3 Å². The van der Waals surface area contributed by atoms with Crippen LogP contribution in [0.3, 0.4) is 0 Å². The Balaban J connectivity index is 0.000000581. The third kappa shape index (κ3) is 12.6. The number of carboxylic acid groups (broad SMARTS) is 1. The maximum Gasteiger partial charge on any atom is 2.00 e. The molecular weight excluding hydrogens is 536 g/mol. The van der Waals surface area contributed by atoms with E-state index in [1.807, 2.05) is 54.6 Å². The summed E-state index contributed by atoms with van der Waals surface area (Å²) in [5.74, 6) is -1.75. The van der Waals surface area contributed by atoms with E-state index in [0.29, 0.717) is 0 Å². The predicted molar refractivity (Wildman–Crippen MR) is 105 cm³/mol. The van der Waals surface area contributed by atoms with Gasteiger partial charge >= 0.3 is 17.1 Å². The maximum absolute atomic E-state index is 12.1. The van der Waals surface area contributed by atoms with Crippen molar-refractivity contribution in [2.75, 3.05) is 0 Å². The van der Waals surface area contributed by atoms with Gasteiger partial charge in [-0.2, -0.15) is 0 Å². The second kappa shape index (κ2) is 15.6. The van der Waals surface area contributed by atoms with Crippen molar-refractivity contribution in [1.82, 2.24) is 15.0 Å². The molecule has 0 spiro atoms. The minimum absolute atomic E-state index is 0. The molecule has 1 aromatic carbocycles. The van der Waals surface area contributed by atoms with Gasteiger partial charge in [-0.15, -0.1) is 10.2 Å². The minimum Gasteiger partial charge on any atom is -0.545 e. The molecular formula is C22H17ClCuFN3O7. The number of halogens is 2. The molecule has 0 unspecified atom stereocenters. The van der Waals surface area contributed by atoms with E-state index in [9.17, 15) is 14.3 Å². The molecule has 0 amide bonds. The first-order valence-electron chi connectivity index (χ1n) is 9.02. The first kappa shape index (κ1) is 31.7. The predicted octanol–water partition coefficient (Wildman–Crippen LogP) is -2.19. The van der Waals surface area contributed by atoms with Crippen LogP contribution in [0.25, 0.3) is 22.8 Å². The number of aromatic carboxylic acids is 1. The number of carboxylic acids is 1. The average Bonchev–Trinajstić information content (AvgIpc) is 2.80. The topological polar surface area (TPSA) is 203 Å². The fourth-order valence-corrected chi connectivity index (χ4v) is 2.33. The Hall–Kier alpha value is -3.32. The molecule has 0 bridgehead atoms. The molecule has 2 N–H and O–H groups in total. The van der Waals surface area contributed by atoms with Crippen molar-refractivity contribution in [1.29, 1.82) is 0 Å². The quantitative estimate of drug-likeness (QED) is 0.253. The maximum atomic E-state index is 12.1. The Morgan fingerprint density at radius 2 is 1.09 bits per heavy atom. The molecule has 0 saturated heterocycles. The fourth-order valence-electron chi connectivity index (χ4n) is 2.33. The van der Waals surface area contributed by atoms with E-state index in [1.165, 1.54) is 0 Å². The second-order valence-corrected chi connectivity index (χ2v) is 6.77. The molecule has 0 aliphatic carbocycles. The van der Waals surface area contributed by atoms with Gasteiger partial charge in [-0.05, 0) is 54.1 Å². The number of hydrogen-bond acceptors (Lipinski definition) is 9. The van der Waals surface area contributed by atoms with Gasteiger partial charge in [-0.3, -0.25) is 9.97 Å².